The Morgan fingerprint density at radius 1 is 1.24 bits per heavy atom. The second kappa shape index (κ2) is 5.84. The van der Waals surface area contributed by atoms with Gasteiger partial charge in [0.2, 0.25) is 0 Å². The molecule has 0 spiro atoms. The van der Waals surface area contributed by atoms with Gasteiger partial charge in [-0.05, 0) is 44.4 Å². The standard InChI is InChI=1S/C18H20N2O5/c1-9-4-3-5-11(8-9)24-10(2)16(21)19-20-17(22)14-12-6-7-13(25-12)15(14)18(20)23/h3-5,8,10,12-15H,6-7H2,1-2H3,(H,19,21)/t10-,12-,13-,14-,15+/m1/s1. The normalized spacial score (nSPS) is 31.2. The Labute approximate surface area is 145 Å². The number of hydrazine groups is 1. The number of hydrogen-bond donors (Lipinski definition) is 1. The summed E-state index contributed by atoms with van der Waals surface area (Å²) >= 11 is 0. The minimum atomic E-state index is -0.837. The van der Waals surface area contributed by atoms with E-state index in [1.54, 1.807) is 13.0 Å². The molecule has 1 aromatic rings. The van der Waals surface area contributed by atoms with Crippen LogP contribution in [0, 0.1) is 18.8 Å². The van der Waals surface area contributed by atoms with E-state index < -0.39 is 23.8 Å². The lowest BCUT2D eigenvalue weighted by molar-refractivity contribution is -0.153. The van der Waals surface area contributed by atoms with E-state index in [1.165, 1.54) is 0 Å². The number of imide groups is 1. The predicted molar refractivity (Wildman–Crippen MR) is 86.1 cm³/mol. The van der Waals surface area contributed by atoms with Crippen LogP contribution >= 0.6 is 0 Å². The minimum Gasteiger partial charge on any atom is -0.481 e. The SMILES string of the molecule is Cc1cccc(O[C@H](C)C(=O)NN2C(=O)[C@@H]3[C@H](C2=O)[C@H]2CC[C@H]3O2)c1. The van der Waals surface area contributed by atoms with Crippen molar-refractivity contribution in [1.29, 1.82) is 0 Å². The third-order valence-corrected chi connectivity index (χ3v) is 5.18. The van der Waals surface area contributed by atoms with E-state index in [9.17, 15) is 14.4 Å². The van der Waals surface area contributed by atoms with Crippen molar-refractivity contribution in [3.05, 3.63) is 29.8 Å². The van der Waals surface area contributed by atoms with Crippen molar-refractivity contribution < 1.29 is 23.9 Å². The molecule has 25 heavy (non-hydrogen) atoms. The zero-order chi connectivity index (χ0) is 17.7. The first-order valence-corrected chi connectivity index (χ1v) is 8.53. The Balaban J connectivity index is 1.42. The van der Waals surface area contributed by atoms with Crippen molar-refractivity contribution in [2.24, 2.45) is 11.8 Å². The molecule has 1 aromatic carbocycles. The fourth-order valence-corrected chi connectivity index (χ4v) is 3.97. The first-order valence-electron chi connectivity index (χ1n) is 8.53. The van der Waals surface area contributed by atoms with Crippen LogP contribution in [0.1, 0.15) is 25.3 Å². The Morgan fingerprint density at radius 3 is 2.48 bits per heavy atom. The largest absolute Gasteiger partial charge is 0.481 e. The molecule has 132 valence electrons. The van der Waals surface area contributed by atoms with Crippen LogP contribution in [0.25, 0.3) is 0 Å². The predicted octanol–water partition coefficient (Wildman–Crippen LogP) is 0.956. The second-order valence-corrected chi connectivity index (χ2v) is 6.91. The lowest BCUT2D eigenvalue weighted by atomic mass is 9.81. The molecule has 0 unspecified atom stereocenters. The molecule has 3 heterocycles. The molecule has 3 saturated heterocycles. The summed E-state index contributed by atoms with van der Waals surface area (Å²) in [6.45, 7) is 3.50. The van der Waals surface area contributed by atoms with Gasteiger partial charge in [0.05, 0.1) is 24.0 Å². The maximum atomic E-state index is 12.5. The molecule has 3 fully saturated rings. The van der Waals surface area contributed by atoms with Crippen molar-refractivity contribution in [3.8, 4) is 5.75 Å². The topological polar surface area (TPSA) is 84.9 Å². The van der Waals surface area contributed by atoms with Crippen LogP contribution in [0.4, 0.5) is 0 Å². The fraction of sp³-hybridized carbons (Fsp3) is 0.500. The van der Waals surface area contributed by atoms with Gasteiger partial charge < -0.3 is 9.47 Å². The lowest BCUT2D eigenvalue weighted by Gasteiger charge is -2.21. The second-order valence-electron chi connectivity index (χ2n) is 6.91. The van der Waals surface area contributed by atoms with Crippen LogP contribution in [0.15, 0.2) is 24.3 Å². The summed E-state index contributed by atoms with van der Waals surface area (Å²) in [6.07, 6.45) is 0.346. The van der Waals surface area contributed by atoms with Gasteiger partial charge >= 0.3 is 0 Å². The van der Waals surface area contributed by atoms with Crippen LogP contribution in [0.3, 0.4) is 0 Å². The van der Waals surface area contributed by atoms with Gasteiger partial charge in [-0.25, -0.2) is 0 Å². The summed E-state index contributed by atoms with van der Waals surface area (Å²) in [5.41, 5.74) is 3.44. The molecule has 4 rings (SSSR count). The molecule has 0 saturated carbocycles. The van der Waals surface area contributed by atoms with Gasteiger partial charge in [-0.1, -0.05) is 12.1 Å². The molecular formula is C18H20N2O5. The van der Waals surface area contributed by atoms with Gasteiger partial charge in [0, 0.05) is 0 Å². The first kappa shape index (κ1) is 16.1. The third-order valence-electron chi connectivity index (χ3n) is 5.18. The Kier molecular flexibility index (Phi) is 3.76. The summed E-state index contributed by atoms with van der Waals surface area (Å²) in [4.78, 5) is 37.4. The first-order chi connectivity index (χ1) is 12.0. The van der Waals surface area contributed by atoms with Gasteiger partial charge in [0.25, 0.3) is 17.7 Å². The molecule has 0 aliphatic carbocycles. The van der Waals surface area contributed by atoms with Crippen LogP contribution in [-0.4, -0.2) is 41.0 Å². The van der Waals surface area contributed by atoms with Crippen LogP contribution in [-0.2, 0) is 19.1 Å². The molecular weight excluding hydrogens is 324 g/mol. The van der Waals surface area contributed by atoms with E-state index in [1.807, 2.05) is 25.1 Å². The number of carbonyl (C=O) groups excluding carboxylic acids is 3. The summed E-state index contributed by atoms with van der Waals surface area (Å²) in [6, 6.07) is 7.33. The van der Waals surface area contributed by atoms with Gasteiger partial charge in [-0.15, -0.1) is 0 Å². The smallest absolute Gasteiger partial charge is 0.279 e. The number of rotatable bonds is 4. The van der Waals surface area contributed by atoms with Gasteiger partial charge in [-0.3, -0.25) is 19.8 Å². The summed E-state index contributed by atoms with van der Waals surface area (Å²) in [5, 5.41) is 0.863. The summed E-state index contributed by atoms with van der Waals surface area (Å²) < 4.78 is 11.3. The molecule has 1 N–H and O–H groups in total. The average molecular weight is 344 g/mol. The number of nitrogens with zero attached hydrogens (tertiary/aromatic N) is 1. The molecule has 7 nitrogen and oxygen atoms in total. The number of aryl methyl sites for hydroxylation is 1. The van der Waals surface area contributed by atoms with E-state index in [0.717, 1.165) is 23.4 Å². The zero-order valence-electron chi connectivity index (χ0n) is 14.1. The number of fused-ring (bicyclic) bond motifs is 5. The van der Waals surface area contributed by atoms with Crippen molar-refractivity contribution in [2.75, 3.05) is 0 Å². The van der Waals surface area contributed by atoms with Crippen molar-refractivity contribution >= 4 is 17.7 Å². The van der Waals surface area contributed by atoms with Crippen LogP contribution in [0.5, 0.6) is 5.75 Å². The number of amides is 3. The highest BCUT2D eigenvalue weighted by Crippen LogP contribution is 2.48. The minimum absolute atomic E-state index is 0.200. The van der Waals surface area contributed by atoms with Crippen LogP contribution in [0.2, 0.25) is 0 Å². The molecule has 0 radical (unpaired) electrons. The van der Waals surface area contributed by atoms with E-state index in [-0.39, 0.29) is 24.0 Å². The quantitative estimate of drug-likeness (QED) is 0.822. The van der Waals surface area contributed by atoms with Crippen molar-refractivity contribution in [3.63, 3.8) is 0 Å². The summed E-state index contributed by atoms with van der Waals surface area (Å²) in [5.74, 6) is -1.64. The molecule has 5 atom stereocenters. The molecule has 0 aromatic heterocycles. The maximum absolute atomic E-state index is 12.5. The Bertz CT molecular complexity index is 721. The molecule has 3 amide bonds. The number of ether oxygens (including phenoxy) is 2. The number of nitrogens with one attached hydrogen (secondary N) is 1. The Morgan fingerprint density at radius 2 is 1.88 bits per heavy atom. The average Bonchev–Trinajstić information content (AvgIpc) is 3.24. The van der Waals surface area contributed by atoms with Crippen molar-refractivity contribution in [2.45, 2.75) is 45.0 Å². The monoisotopic (exact) mass is 344 g/mol. The molecule has 7 heteroatoms. The molecule has 2 bridgehead atoms. The fourth-order valence-electron chi connectivity index (χ4n) is 3.97. The summed E-state index contributed by atoms with van der Waals surface area (Å²) in [7, 11) is 0. The number of hydrogen-bond acceptors (Lipinski definition) is 5. The van der Waals surface area contributed by atoms with E-state index >= 15 is 0 Å². The molecule has 3 aliphatic rings. The number of benzene rings is 1. The van der Waals surface area contributed by atoms with Crippen molar-refractivity contribution in [1.82, 2.24) is 10.4 Å². The highest BCUT2D eigenvalue weighted by molar-refractivity contribution is 6.07. The highest BCUT2D eigenvalue weighted by Gasteiger charge is 2.63. The highest BCUT2D eigenvalue weighted by atomic mass is 16.5. The van der Waals surface area contributed by atoms with Gasteiger partial charge in [-0.2, -0.15) is 5.01 Å². The van der Waals surface area contributed by atoms with E-state index in [0.29, 0.717) is 5.75 Å². The van der Waals surface area contributed by atoms with Gasteiger partial charge in [0.1, 0.15) is 5.75 Å². The number of carbonyl (C=O) groups is 3. The Hall–Kier alpha value is -2.41. The maximum Gasteiger partial charge on any atom is 0.279 e. The van der Waals surface area contributed by atoms with Gasteiger partial charge in [0.15, 0.2) is 6.10 Å². The third kappa shape index (κ3) is 2.59. The zero-order valence-corrected chi connectivity index (χ0v) is 14.1. The van der Waals surface area contributed by atoms with E-state index in [2.05, 4.69) is 5.43 Å². The molecule has 3 aliphatic heterocycles. The van der Waals surface area contributed by atoms with Crippen LogP contribution < -0.4 is 10.2 Å². The van der Waals surface area contributed by atoms with E-state index in [4.69, 9.17) is 9.47 Å². The lowest BCUT2D eigenvalue weighted by Crippen LogP contribution is -2.51.